The predicted molar refractivity (Wildman–Crippen MR) is 103 cm³/mol. The van der Waals surface area contributed by atoms with Gasteiger partial charge in [-0.15, -0.1) is 0 Å². The van der Waals surface area contributed by atoms with E-state index in [2.05, 4.69) is 16.2 Å². The molecule has 0 radical (unpaired) electrons. The van der Waals surface area contributed by atoms with Crippen molar-refractivity contribution >= 4 is 23.2 Å². The second kappa shape index (κ2) is 8.47. The summed E-state index contributed by atoms with van der Waals surface area (Å²) in [5.74, 6) is -1.12. The first kappa shape index (κ1) is 19.9. The fourth-order valence-electron chi connectivity index (χ4n) is 2.60. The van der Waals surface area contributed by atoms with Gasteiger partial charge in [-0.3, -0.25) is 20.4 Å². The normalized spacial score (nSPS) is 10.9. The van der Waals surface area contributed by atoms with Crippen LogP contribution in [0.2, 0.25) is 0 Å². The quantitative estimate of drug-likeness (QED) is 0.544. The monoisotopic (exact) mass is 399 g/mol. The van der Waals surface area contributed by atoms with Gasteiger partial charge in [0, 0.05) is 5.56 Å². The Morgan fingerprint density at radius 1 is 0.690 bits per heavy atom. The Hall–Kier alpha value is -3.81. The smallest absolute Gasteiger partial charge is 0.321 e. The summed E-state index contributed by atoms with van der Waals surface area (Å²) in [7, 11) is 0. The van der Waals surface area contributed by atoms with Crippen molar-refractivity contribution in [2.24, 2.45) is 0 Å². The van der Waals surface area contributed by atoms with E-state index >= 15 is 0 Å². The van der Waals surface area contributed by atoms with Gasteiger partial charge < -0.3 is 5.32 Å². The molecule has 3 rings (SSSR count). The first-order chi connectivity index (χ1) is 13.9. The molecular weight excluding hydrogens is 383 g/mol. The summed E-state index contributed by atoms with van der Waals surface area (Å²) >= 11 is 0. The Bertz CT molecular complexity index is 1020. The van der Waals surface area contributed by atoms with Crippen molar-refractivity contribution in [1.29, 1.82) is 0 Å². The highest BCUT2D eigenvalue weighted by molar-refractivity contribution is 6.09. The van der Waals surface area contributed by atoms with E-state index in [9.17, 15) is 22.8 Å². The molecule has 8 heteroatoms. The second-order valence-electron chi connectivity index (χ2n) is 5.99. The Balaban J connectivity index is 1.75. The molecule has 148 valence electrons. The van der Waals surface area contributed by atoms with Crippen molar-refractivity contribution in [3.8, 4) is 0 Å². The molecule has 0 heterocycles. The van der Waals surface area contributed by atoms with Crippen LogP contribution in [0.3, 0.4) is 0 Å². The molecular formula is C21H16F3N3O2. The van der Waals surface area contributed by atoms with Gasteiger partial charge in [0.15, 0.2) is 0 Å². The number of carbonyl (C=O) groups excluding carboxylic acids is 2. The maximum Gasteiger partial charge on any atom is 0.418 e. The fourth-order valence-corrected chi connectivity index (χ4v) is 2.60. The van der Waals surface area contributed by atoms with Crippen molar-refractivity contribution in [3.05, 3.63) is 95.6 Å². The molecule has 0 spiro atoms. The van der Waals surface area contributed by atoms with Gasteiger partial charge in [-0.25, -0.2) is 0 Å². The second-order valence-corrected chi connectivity index (χ2v) is 5.99. The minimum atomic E-state index is -4.57. The van der Waals surface area contributed by atoms with E-state index in [0.29, 0.717) is 5.56 Å². The van der Waals surface area contributed by atoms with Crippen molar-refractivity contribution in [2.45, 2.75) is 6.18 Å². The summed E-state index contributed by atoms with van der Waals surface area (Å²) in [5.41, 5.74) is 4.06. The number of alkyl halides is 3. The number of carbonyl (C=O) groups is 2. The SMILES string of the molecule is O=C(Nc1ccccc1C(=O)NNc1ccccc1C(F)(F)F)c1ccccc1. The van der Waals surface area contributed by atoms with Crippen LogP contribution < -0.4 is 16.2 Å². The maximum atomic E-state index is 13.1. The van der Waals surface area contributed by atoms with Crippen LogP contribution in [0.1, 0.15) is 26.3 Å². The first-order valence-electron chi connectivity index (χ1n) is 8.54. The zero-order valence-electron chi connectivity index (χ0n) is 15.0. The van der Waals surface area contributed by atoms with Crippen LogP contribution in [-0.2, 0) is 6.18 Å². The number of benzene rings is 3. The summed E-state index contributed by atoms with van der Waals surface area (Å²) in [6.45, 7) is 0. The largest absolute Gasteiger partial charge is 0.418 e. The summed E-state index contributed by atoms with van der Waals surface area (Å²) in [6.07, 6.45) is -4.57. The van der Waals surface area contributed by atoms with Crippen molar-refractivity contribution < 1.29 is 22.8 Å². The van der Waals surface area contributed by atoms with Crippen LogP contribution in [0.15, 0.2) is 78.9 Å². The Kier molecular flexibility index (Phi) is 5.82. The third kappa shape index (κ3) is 4.92. The van der Waals surface area contributed by atoms with Crippen LogP contribution in [-0.4, -0.2) is 11.8 Å². The van der Waals surface area contributed by atoms with Gasteiger partial charge in [-0.05, 0) is 36.4 Å². The maximum absolute atomic E-state index is 13.1. The van der Waals surface area contributed by atoms with Crippen LogP contribution in [0.25, 0.3) is 0 Å². The van der Waals surface area contributed by atoms with E-state index in [1.54, 1.807) is 42.5 Å². The highest BCUT2D eigenvalue weighted by Crippen LogP contribution is 2.34. The minimum Gasteiger partial charge on any atom is -0.321 e. The lowest BCUT2D eigenvalue weighted by Gasteiger charge is -2.16. The summed E-state index contributed by atoms with van der Waals surface area (Å²) in [6, 6.07) is 19.4. The number of hydrogen-bond acceptors (Lipinski definition) is 3. The third-order valence-electron chi connectivity index (χ3n) is 4.00. The number of anilines is 2. The van der Waals surface area contributed by atoms with Crippen LogP contribution in [0.5, 0.6) is 0 Å². The summed E-state index contributed by atoms with van der Waals surface area (Å²) in [4.78, 5) is 24.9. The van der Waals surface area contributed by atoms with Crippen LogP contribution in [0, 0.1) is 0 Å². The van der Waals surface area contributed by atoms with Gasteiger partial charge in [0.05, 0.1) is 22.5 Å². The van der Waals surface area contributed by atoms with Crippen molar-refractivity contribution in [2.75, 3.05) is 10.7 Å². The zero-order valence-corrected chi connectivity index (χ0v) is 15.0. The van der Waals surface area contributed by atoms with E-state index in [1.165, 1.54) is 30.3 Å². The van der Waals surface area contributed by atoms with Gasteiger partial charge >= 0.3 is 6.18 Å². The average molecular weight is 399 g/mol. The number of para-hydroxylation sites is 2. The standard InChI is InChI=1S/C21H16F3N3O2/c22-21(23,24)16-11-5-7-13-18(16)26-27-20(29)15-10-4-6-12-17(15)25-19(28)14-8-2-1-3-9-14/h1-13,26H,(H,25,28)(H,27,29). The molecule has 3 N–H and O–H groups in total. The Labute approximate surface area is 164 Å². The molecule has 0 aromatic heterocycles. The van der Waals surface area contributed by atoms with Gasteiger partial charge in [0.1, 0.15) is 0 Å². The number of hydrazine groups is 1. The highest BCUT2D eigenvalue weighted by Gasteiger charge is 2.33. The number of nitrogens with one attached hydrogen (secondary N) is 3. The summed E-state index contributed by atoms with van der Waals surface area (Å²) in [5, 5.41) is 2.63. The number of rotatable bonds is 5. The number of hydrogen-bond donors (Lipinski definition) is 3. The molecule has 0 aliphatic rings. The minimum absolute atomic E-state index is 0.0915. The van der Waals surface area contributed by atoms with Gasteiger partial charge in [-0.1, -0.05) is 42.5 Å². The molecule has 0 saturated heterocycles. The predicted octanol–water partition coefficient (Wildman–Crippen LogP) is 4.71. The van der Waals surface area contributed by atoms with Crippen molar-refractivity contribution in [1.82, 2.24) is 5.43 Å². The average Bonchev–Trinajstić information content (AvgIpc) is 2.72. The number of amides is 2. The molecule has 3 aromatic rings. The highest BCUT2D eigenvalue weighted by atomic mass is 19.4. The fraction of sp³-hybridized carbons (Fsp3) is 0.0476. The van der Waals surface area contributed by atoms with E-state index < -0.39 is 23.6 Å². The number of halogens is 3. The first-order valence-corrected chi connectivity index (χ1v) is 8.54. The van der Waals surface area contributed by atoms with Gasteiger partial charge in [0.25, 0.3) is 11.8 Å². The molecule has 0 unspecified atom stereocenters. The molecule has 0 aliphatic heterocycles. The van der Waals surface area contributed by atoms with Gasteiger partial charge in [0.2, 0.25) is 0 Å². The molecule has 0 bridgehead atoms. The Morgan fingerprint density at radius 3 is 1.97 bits per heavy atom. The lowest BCUT2D eigenvalue weighted by molar-refractivity contribution is -0.137. The molecule has 0 atom stereocenters. The molecule has 0 fully saturated rings. The molecule has 2 amide bonds. The van der Waals surface area contributed by atoms with Crippen molar-refractivity contribution in [3.63, 3.8) is 0 Å². The molecule has 5 nitrogen and oxygen atoms in total. The lowest BCUT2D eigenvalue weighted by Crippen LogP contribution is -2.31. The topological polar surface area (TPSA) is 70.2 Å². The van der Waals surface area contributed by atoms with Gasteiger partial charge in [-0.2, -0.15) is 13.2 Å². The molecule has 29 heavy (non-hydrogen) atoms. The van der Waals surface area contributed by atoms with E-state index in [-0.39, 0.29) is 16.9 Å². The third-order valence-corrected chi connectivity index (χ3v) is 4.00. The van der Waals surface area contributed by atoms with Crippen LogP contribution >= 0.6 is 0 Å². The van der Waals surface area contributed by atoms with E-state index in [4.69, 9.17) is 0 Å². The molecule has 0 aliphatic carbocycles. The van der Waals surface area contributed by atoms with Crippen LogP contribution in [0.4, 0.5) is 24.5 Å². The summed E-state index contributed by atoms with van der Waals surface area (Å²) < 4.78 is 39.2. The molecule has 3 aromatic carbocycles. The zero-order chi connectivity index (χ0) is 20.9. The Morgan fingerprint density at radius 2 is 1.28 bits per heavy atom. The van der Waals surface area contributed by atoms with E-state index in [0.717, 1.165) is 6.07 Å². The molecule has 0 saturated carbocycles. The lowest BCUT2D eigenvalue weighted by atomic mass is 10.1. The van der Waals surface area contributed by atoms with E-state index in [1.807, 2.05) is 0 Å².